The lowest BCUT2D eigenvalue weighted by molar-refractivity contribution is -0.137. The third-order valence-electron chi connectivity index (χ3n) is 1.90. The second kappa shape index (κ2) is 5.50. The Balaban J connectivity index is 0.00000196. The van der Waals surface area contributed by atoms with Gasteiger partial charge in [-0.3, -0.25) is 9.36 Å². The monoisotopic (exact) mass is 232 g/mol. The van der Waals surface area contributed by atoms with Crippen LogP contribution in [0.1, 0.15) is 17.8 Å². The molecule has 1 rings (SSSR count). The van der Waals surface area contributed by atoms with Crippen molar-refractivity contribution in [2.24, 2.45) is 0 Å². The van der Waals surface area contributed by atoms with Gasteiger partial charge in [0.05, 0.1) is 6.42 Å². The van der Waals surface area contributed by atoms with Crippen molar-refractivity contribution in [1.82, 2.24) is 9.55 Å². The second-order valence-corrected chi connectivity index (χ2v) is 3.12. The molecule has 1 aromatic rings. The number of halogens is 1. The van der Waals surface area contributed by atoms with Crippen LogP contribution >= 0.6 is 12.4 Å². The number of carboxylic acid groups (broad SMARTS) is 1. The third-order valence-corrected chi connectivity index (χ3v) is 1.90. The van der Waals surface area contributed by atoms with Crippen LogP contribution < -0.4 is 5.69 Å². The Morgan fingerprint density at radius 3 is 2.60 bits per heavy atom. The number of aliphatic carboxylic acids is 1. The molecule has 0 aromatic carbocycles. The number of carbonyl (C=O) groups is 1. The number of rotatable bonds is 3. The van der Waals surface area contributed by atoms with E-state index < -0.39 is 5.97 Å². The highest BCUT2D eigenvalue weighted by atomic mass is 35.5. The molecule has 1 N–H and O–H groups in total. The molecule has 0 saturated heterocycles. The zero-order valence-corrected chi connectivity index (χ0v) is 9.37. The summed E-state index contributed by atoms with van der Waals surface area (Å²) in [6.45, 7) is 3.67. The molecule has 6 heteroatoms. The van der Waals surface area contributed by atoms with E-state index in [0.717, 1.165) is 5.69 Å². The maximum atomic E-state index is 11.3. The highest BCUT2D eigenvalue weighted by molar-refractivity contribution is 5.85. The van der Waals surface area contributed by atoms with Crippen LogP contribution in [0.4, 0.5) is 0 Å². The molecule has 0 aliphatic heterocycles. The summed E-state index contributed by atoms with van der Waals surface area (Å²) in [5.74, 6) is -0.920. The number of aromatic nitrogens is 2. The van der Waals surface area contributed by atoms with Crippen molar-refractivity contribution in [1.29, 1.82) is 0 Å². The van der Waals surface area contributed by atoms with Gasteiger partial charge in [-0.1, -0.05) is 0 Å². The largest absolute Gasteiger partial charge is 0.481 e. The molecule has 0 bridgehead atoms. The Bertz CT molecular complexity index is 414. The Hall–Kier alpha value is -1.36. The standard InChI is InChI=1S/C9H12N2O3.ClH/c1-6-5-7(2)11(9(14)10-6)4-3-8(12)13;/h5H,3-4H2,1-2H3,(H,12,13);1H. The number of aryl methyl sites for hydroxylation is 2. The molecular weight excluding hydrogens is 220 g/mol. The first-order chi connectivity index (χ1) is 6.50. The number of hydrogen-bond acceptors (Lipinski definition) is 3. The minimum atomic E-state index is -0.920. The summed E-state index contributed by atoms with van der Waals surface area (Å²) in [4.78, 5) is 25.4. The van der Waals surface area contributed by atoms with Crippen LogP contribution in [0.2, 0.25) is 0 Å². The Kier molecular flexibility index (Phi) is 5.00. The van der Waals surface area contributed by atoms with Gasteiger partial charge in [0.25, 0.3) is 0 Å². The summed E-state index contributed by atoms with van der Waals surface area (Å²) in [7, 11) is 0. The first-order valence-electron chi connectivity index (χ1n) is 4.27. The average molecular weight is 233 g/mol. The fourth-order valence-corrected chi connectivity index (χ4v) is 1.25. The molecule has 15 heavy (non-hydrogen) atoms. The predicted octanol–water partition coefficient (Wildman–Crippen LogP) is 0.757. The van der Waals surface area contributed by atoms with Gasteiger partial charge in [-0.05, 0) is 19.9 Å². The van der Waals surface area contributed by atoms with E-state index in [1.54, 1.807) is 19.9 Å². The van der Waals surface area contributed by atoms with E-state index in [1.807, 2.05) is 0 Å². The van der Waals surface area contributed by atoms with Gasteiger partial charge in [0, 0.05) is 17.9 Å². The van der Waals surface area contributed by atoms with Crippen LogP contribution in [-0.4, -0.2) is 20.6 Å². The molecule has 0 spiro atoms. The quantitative estimate of drug-likeness (QED) is 0.835. The van der Waals surface area contributed by atoms with Crippen LogP contribution in [0.15, 0.2) is 10.9 Å². The van der Waals surface area contributed by atoms with Gasteiger partial charge in [-0.15, -0.1) is 12.4 Å². The van der Waals surface area contributed by atoms with Crippen molar-refractivity contribution >= 4 is 18.4 Å². The lowest BCUT2D eigenvalue weighted by atomic mass is 10.3. The number of hydrogen-bond donors (Lipinski definition) is 1. The highest BCUT2D eigenvalue weighted by Gasteiger charge is 2.04. The maximum Gasteiger partial charge on any atom is 0.347 e. The molecule has 0 fully saturated rings. The van der Waals surface area contributed by atoms with E-state index in [1.165, 1.54) is 4.57 Å². The van der Waals surface area contributed by atoms with E-state index >= 15 is 0 Å². The SMILES string of the molecule is Cc1cc(C)n(CCC(=O)O)c(=O)n1.Cl. The van der Waals surface area contributed by atoms with Gasteiger partial charge in [-0.25, -0.2) is 4.79 Å². The molecule has 0 atom stereocenters. The number of carboxylic acids is 1. The van der Waals surface area contributed by atoms with E-state index in [2.05, 4.69) is 4.98 Å². The minimum absolute atomic E-state index is 0. The fourth-order valence-electron chi connectivity index (χ4n) is 1.25. The van der Waals surface area contributed by atoms with Gasteiger partial charge < -0.3 is 5.11 Å². The second-order valence-electron chi connectivity index (χ2n) is 3.12. The Morgan fingerprint density at radius 1 is 1.53 bits per heavy atom. The zero-order chi connectivity index (χ0) is 10.7. The maximum absolute atomic E-state index is 11.3. The first-order valence-corrected chi connectivity index (χ1v) is 4.27. The Morgan fingerprint density at radius 2 is 2.13 bits per heavy atom. The molecule has 5 nitrogen and oxygen atoms in total. The minimum Gasteiger partial charge on any atom is -0.481 e. The van der Waals surface area contributed by atoms with Crippen molar-refractivity contribution in [3.05, 3.63) is 27.9 Å². The summed E-state index contributed by atoms with van der Waals surface area (Å²) >= 11 is 0. The summed E-state index contributed by atoms with van der Waals surface area (Å²) in [6, 6.07) is 1.75. The van der Waals surface area contributed by atoms with Crippen LogP contribution in [0, 0.1) is 13.8 Å². The van der Waals surface area contributed by atoms with E-state index in [9.17, 15) is 9.59 Å². The third kappa shape index (κ3) is 3.71. The first kappa shape index (κ1) is 13.6. The summed E-state index contributed by atoms with van der Waals surface area (Å²) in [6.07, 6.45) is -0.0640. The van der Waals surface area contributed by atoms with Gasteiger partial charge >= 0.3 is 11.7 Å². The summed E-state index contributed by atoms with van der Waals surface area (Å²) < 4.78 is 1.36. The zero-order valence-electron chi connectivity index (χ0n) is 8.56. The van der Waals surface area contributed by atoms with Crippen molar-refractivity contribution < 1.29 is 9.90 Å². The van der Waals surface area contributed by atoms with Crippen LogP contribution in [-0.2, 0) is 11.3 Å². The highest BCUT2D eigenvalue weighted by Crippen LogP contribution is 1.97. The Labute approximate surface area is 93.2 Å². The van der Waals surface area contributed by atoms with E-state index in [-0.39, 0.29) is 31.1 Å². The summed E-state index contributed by atoms with van der Waals surface area (Å²) in [5, 5.41) is 8.48. The lowest BCUT2D eigenvalue weighted by Crippen LogP contribution is -2.26. The molecule has 0 unspecified atom stereocenters. The summed E-state index contributed by atoms with van der Waals surface area (Å²) in [5.41, 5.74) is 1.01. The lowest BCUT2D eigenvalue weighted by Gasteiger charge is -2.07. The molecule has 1 aromatic heterocycles. The topological polar surface area (TPSA) is 72.2 Å². The van der Waals surface area contributed by atoms with Crippen molar-refractivity contribution in [2.75, 3.05) is 0 Å². The molecule has 84 valence electrons. The molecular formula is C9H13ClN2O3. The van der Waals surface area contributed by atoms with Gasteiger partial charge in [0.2, 0.25) is 0 Å². The molecule has 0 aliphatic carbocycles. The van der Waals surface area contributed by atoms with Crippen molar-refractivity contribution in [3.63, 3.8) is 0 Å². The van der Waals surface area contributed by atoms with Crippen LogP contribution in [0.5, 0.6) is 0 Å². The van der Waals surface area contributed by atoms with E-state index in [4.69, 9.17) is 5.11 Å². The molecule has 1 heterocycles. The van der Waals surface area contributed by atoms with Gasteiger partial charge in [0.1, 0.15) is 0 Å². The van der Waals surface area contributed by atoms with Crippen LogP contribution in [0.3, 0.4) is 0 Å². The molecule has 0 saturated carbocycles. The van der Waals surface area contributed by atoms with Crippen molar-refractivity contribution in [2.45, 2.75) is 26.8 Å². The predicted molar refractivity (Wildman–Crippen MR) is 57.5 cm³/mol. The smallest absolute Gasteiger partial charge is 0.347 e. The van der Waals surface area contributed by atoms with Crippen LogP contribution in [0.25, 0.3) is 0 Å². The van der Waals surface area contributed by atoms with Gasteiger partial charge in [-0.2, -0.15) is 4.98 Å². The van der Waals surface area contributed by atoms with E-state index in [0.29, 0.717) is 5.69 Å². The molecule has 0 aliphatic rings. The fraction of sp³-hybridized carbons (Fsp3) is 0.444. The molecule has 0 radical (unpaired) electrons. The average Bonchev–Trinajstić information content (AvgIpc) is 2.01. The van der Waals surface area contributed by atoms with Gasteiger partial charge in [0.15, 0.2) is 0 Å². The van der Waals surface area contributed by atoms with Crippen molar-refractivity contribution in [3.8, 4) is 0 Å². The normalized spacial score (nSPS) is 9.47. The number of nitrogens with zero attached hydrogens (tertiary/aromatic N) is 2. The molecule has 0 amide bonds.